The third kappa shape index (κ3) is 7.82. The van der Waals surface area contributed by atoms with Crippen LogP contribution in [0, 0.1) is 12.8 Å². The van der Waals surface area contributed by atoms with Crippen molar-refractivity contribution in [1.82, 2.24) is 16.2 Å². The molecule has 0 aromatic heterocycles. The van der Waals surface area contributed by atoms with Crippen LogP contribution in [0.15, 0.2) is 24.3 Å². The third-order valence-electron chi connectivity index (χ3n) is 4.43. The molecule has 6 nitrogen and oxygen atoms in total. The largest absolute Gasteiger partial charge is 0.484 e. The van der Waals surface area contributed by atoms with E-state index in [0.29, 0.717) is 18.1 Å². The molecule has 1 saturated carbocycles. The molecule has 1 aromatic rings. The zero-order valence-corrected chi connectivity index (χ0v) is 16.0. The molecular weight excluding hydrogens is 350 g/mol. The summed E-state index contributed by atoms with van der Waals surface area (Å²) in [4.78, 5) is 23.7. The summed E-state index contributed by atoms with van der Waals surface area (Å²) in [6, 6.07) is 7.44. The number of rotatable bonds is 6. The quantitative estimate of drug-likeness (QED) is 0.525. The summed E-state index contributed by atoms with van der Waals surface area (Å²) in [5, 5.41) is 2.67. The van der Waals surface area contributed by atoms with Crippen molar-refractivity contribution in [3.05, 3.63) is 29.8 Å². The normalized spacial score (nSPS) is 14.3. The molecule has 0 aliphatic heterocycles. The molecule has 1 aromatic carbocycles. The molecule has 0 spiro atoms. The number of amides is 2. The summed E-state index contributed by atoms with van der Waals surface area (Å²) in [6.45, 7) is 1.80. The van der Waals surface area contributed by atoms with Gasteiger partial charge in [-0.25, -0.2) is 0 Å². The van der Waals surface area contributed by atoms with Crippen LogP contribution in [0.1, 0.15) is 50.5 Å². The highest BCUT2D eigenvalue weighted by Crippen LogP contribution is 2.27. The maximum Gasteiger partial charge on any atom is 0.276 e. The molecule has 142 valence electrons. The van der Waals surface area contributed by atoms with Gasteiger partial charge in [-0.05, 0) is 49.2 Å². The van der Waals surface area contributed by atoms with Gasteiger partial charge in [0.15, 0.2) is 11.7 Å². The number of ether oxygens (including phenoxy) is 1. The summed E-state index contributed by atoms with van der Waals surface area (Å²) in [5.41, 5.74) is 5.98. The second-order valence-corrected chi connectivity index (χ2v) is 7.11. The van der Waals surface area contributed by atoms with Gasteiger partial charge in [0, 0.05) is 6.42 Å². The first-order chi connectivity index (χ1) is 12.5. The Labute approximate surface area is 160 Å². The zero-order chi connectivity index (χ0) is 18.8. The van der Waals surface area contributed by atoms with Crippen LogP contribution in [-0.2, 0) is 9.59 Å². The number of aryl methyl sites for hydroxylation is 1. The van der Waals surface area contributed by atoms with Crippen molar-refractivity contribution >= 4 is 29.1 Å². The van der Waals surface area contributed by atoms with Gasteiger partial charge in [0.1, 0.15) is 5.75 Å². The number of thiocarbonyl (C=S) groups is 1. The van der Waals surface area contributed by atoms with Gasteiger partial charge in [0.25, 0.3) is 5.91 Å². The molecule has 0 heterocycles. The second-order valence-electron chi connectivity index (χ2n) is 6.70. The van der Waals surface area contributed by atoms with Crippen molar-refractivity contribution in [3.8, 4) is 5.75 Å². The van der Waals surface area contributed by atoms with Gasteiger partial charge in [-0.15, -0.1) is 0 Å². The Kier molecular flexibility index (Phi) is 8.34. The first-order valence-corrected chi connectivity index (χ1v) is 9.52. The topological polar surface area (TPSA) is 79.5 Å². The van der Waals surface area contributed by atoms with Crippen molar-refractivity contribution < 1.29 is 14.3 Å². The number of nitrogens with one attached hydrogen (secondary N) is 3. The summed E-state index contributed by atoms with van der Waals surface area (Å²) >= 11 is 5.02. The Bertz CT molecular complexity index is 630. The number of hydrogen-bond donors (Lipinski definition) is 3. The van der Waals surface area contributed by atoms with E-state index >= 15 is 0 Å². The van der Waals surface area contributed by atoms with Crippen LogP contribution in [0.25, 0.3) is 0 Å². The van der Waals surface area contributed by atoms with Crippen molar-refractivity contribution in [1.29, 1.82) is 0 Å². The first-order valence-electron chi connectivity index (χ1n) is 9.11. The molecule has 2 rings (SSSR count). The van der Waals surface area contributed by atoms with E-state index in [4.69, 9.17) is 17.0 Å². The van der Waals surface area contributed by atoms with Gasteiger partial charge in [-0.2, -0.15) is 0 Å². The monoisotopic (exact) mass is 377 g/mol. The van der Waals surface area contributed by atoms with Gasteiger partial charge in [-0.3, -0.25) is 20.4 Å². The van der Waals surface area contributed by atoms with E-state index in [-0.39, 0.29) is 23.5 Å². The molecule has 0 unspecified atom stereocenters. The first kappa shape index (κ1) is 20.2. The van der Waals surface area contributed by atoms with Crippen molar-refractivity contribution in [2.75, 3.05) is 6.61 Å². The van der Waals surface area contributed by atoms with E-state index in [2.05, 4.69) is 16.2 Å². The molecule has 26 heavy (non-hydrogen) atoms. The molecule has 0 saturated heterocycles. The highest BCUT2D eigenvalue weighted by atomic mass is 32.1. The predicted octanol–water partition coefficient (Wildman–Crippen LogP) is 2.76. The Hall–Kier alpha value is -2.15. The Morgan fingerprint density at radius 2 is 1.92 bits per heavy atom. The maximum atomic E-state index is 11.9. The van der Waals surface area contributed by atoms with E-state index in [1.165, 1.54) is 32.1 Å². The SMILES string of the molecule is Cc1cccc(OCC(=O)NNC(=S)NC(=O)CCC2CCCCC2)c1. The van der Waals surface area contributed by atoms with E-state index in [0.717, 1.165) is 12.0 Å². The Balaban J connectivity index is 1.58. The van der Waals surface area contributed by atoms with Crippen LogP contribution in [0.3, 0.4) is 0 Å². The Morgan fingerprint density at radius 1 is 1.15 bits per heavy atom. The summed E-state index contributed by atoms with van der Waals surface area (Å²) in [7, 11) is 0. The fourth-order valence-corrected chi connectivity index (χ4v) is 3.21. The highest BCUT2D eigenvalue weighted by molar-refractivity contribution is 7.80. The molecule has 1 aliphatic carbocycles. The average molecular weight is 378 g/mol. The molecule has 0 radical (unpaired) electrons. The summed E-state index contributed by atoms with van der Waals surface area (Å²) < 4.78 is 5.39. The van der Waals surface area contributed by atoms with Gasteiger partial charge >= 0.3 is 0 Å². The second kappa shape index (κ2) is 10.8. The number of hydrogen-bond acceptors (Lipinski definition) is 4. The van der Waals surface area contributed by atoms with Crippen LogP contribution >= 0.6 is 12.2 Å². The van der Waals surface area contributed by atoms with Gasteiger partial charge in [-0.1, -0.05) is 44.2 Å². The van der Waals surface area contributed by atoms with Crippen LogP contribution in [0.2, 0.25) is 0 Å². The average Bonchev–Trinajstić information content (AvgIpc) is 2.64. The predicted molar refractivity (Wildman–Crippen MR) is 105 cm³/mol. The fourth-order valence-electron chi connectivity index (χ4n) is 3.05. The number of carbonyl (C=O) groups is 2. The zero-order valence-electron chi connectivity index (χ0n) is 15.2. The minimum atomic E-state index is -0.384. The highest BCUT2D eigenvalue weighted by Gasteiger charge is 2.15. The van der Waals surface area contributed by atoms with E-state index in [9.17, 15) is 9.59 Å². The number of carbonyl (C=O) groups excluding carboxylic acids is 2. The molecule has 0 atom stereocenters. The lowest BCUT2D eigenvalue weighted by Crippen LogP contribution is -2.49. The lowest BCUT2D eigenvalue weighted by molar-refractivity contribution is -0.124. The molecule has 1 aliphatic rings. The maximum absolute atomic E-state index is 11.9. The van der Waals surface area contributed by atoms with Crippen molar-refractivity contribution in [2.24, 2.45) is 5.92 Å². The smallest absolute Gasteiger partial charge is 0.276 e. The minimum absolute atomic E-state index is 0.0857. The minimum Gasteiger partial charge on any atom is -0.484 e. The molecular formula is C19H27N3O3S. The van der Waals surface area contributed by atoms with Crippen molar-refractivity contribution in [2.45, 2.75) is 51.9 Å². The van der Waals surface area contributed by atoms with Gasteiger partial charge < -0.3 is 10.1 Å². The molecule has 3 N–H and O–H groups in total. The van der Waals surface area contributed by atoms with E-state index < -0.39 is 0 Å². The van der Waals surface area contributed by atoms with Crippen LogP contribution < -0.4 is 20.9 Å². The summed E-state index contributed by atoms with van der Waals surface area (Å²) in [5.74, 6) is 0.761. The fraction of sp³-hybridized carbons (Fsp3) is 0.526. The number of hydrazine groups is 1. The molecule has 7 heteroatoms. The van der Waals surface area contributed by atoms with Crippen LogP contribution in [0.4, 0.5) is 0 Å². The standard InChI is InChI=1S/C19H27N3O3S/c1-14-6-5-9-16(12-14)25-13-18(24)21-22-19(26)20-17(23)11-10-15-7-3-2-4-8-15/h5-6,9,12,15H,2-4,7-8,10-11,13H2,1H3,(H,21,24)(H2,20,22,23,26). The van der Waals surface area contributed by atoms with Crippen LogP contribution in [0.5, 0.6) is 5.75 Å². The van der Waals surface area contributed by atoms with Crippen molar-refractivity contribution in [3.63, 3.8) is 0 Å². The van der Waals surface area contributed by atoms with Crippen LogP contribution in [-0.4, -0.2) is 23.5 Å². The molecule has 2 amide bonds. The Morgan fingerprint density at radius 3 is 2.65 bits per heavy atom. The molecule has 1 fully saturated rings. The van der Waals surface area contributed by atoms with E-state index in [1.54, 1.807) is 6.07 Å². The molecule has 0 bridgehead atoms. The van der Waals surface area contributed by atoms with Gasteiger partial charge in [0.2, 0.25) is 5.91 Å². The number of benzene rings is 1. The van der Waals surface area contributed by atoms with E-state index in [1.807, 2.05) is 25.1 Å². The lowest BCUT2D eigenvalue weighted by Gasteiger charge is -2.21. The lowest BCUT2D eigenvalue weighted by atomic mass is 9.86. The summed E-state index contributed by atoms with van der Waals surface area (Å²) in [6.07, 6.45) is 7.62. The van der Waals surface area contributed by atoms with Gasteiger partial charge in [0.05, 0.1) is 0 Å². The third-order valence-corrected chi connectivity index (χ3v) is 4.64.